The number of amides is 1. The van der Waals surface area contributed by atoms with E-state index >= 15 is 0 Å². The summed E-state index contributed by atoms with van der Waals surface area (Å²) in [7, 11) is 1.41. The van der Waals surface area contributed by atoms with Gasteiger partial charge >= 0.3 is 11.8 Å². The van der Waals surface area contributed by atoms with Crippen LogP contribution < -0.4 is 0 Å². The van der Waals surface area contributed by atoms with Crippen LogP contribution in [0, 0.1) is 10.1 Å². The lowest BCUT2D eigenvalue weighted by molar-refractivity contribution is -0.389. The molecule has 0 aliphatic rings. The van der Waals surface area contributed by atoms with Crippen LogP contribution >= 0.6 is 0 Å². The second-order valence-corrected chi connectivity index (χ2v) is 4.79. The van der Waals surface area contributed by atoms with Gasteiger partial charge < -0.3 is 24.7 Å². The molecule has 1 aromatic rings. The van der Waals surface area contributed by atoms with E-state index in [1.54, 1.807) is 0 Å². The van der Waals surface area contributed by atoms with Gasteiger partial charge in [0.1, 0.15) is 11.7 Å². The molecule has 0 spiro atoms. The summed E-state index contributed by atoms with van der Waals surface area (Å²) in [6.07, 6.45) is 2.50. The van der Waals surface area contributed by atoms with Gasteiger partial charge in [0, 0.05) is 20.0 Å². The molecule has 1 amide bonds. The van der Waals surface area contributed by atoms with E-state index in [9.17, 15) is 19.7 Å². The summed E-state index contributed by atoms with van der Waals surface area (Å²) < 4.78 is 1.41. The largest absolute Gasteiger partial charge is 0.480 e. The number of aryl methyl sites for hydroxylation is 1. The fourth-order valence-electron chi connectivity index (χ4n) is 1.41. The van der Waals surface area contributed by atoms with Crippen molar-refractivity contribution in [3.05, 3.63) is 22.6 Å². The van der Waals surface area contributed by atoms with Crippen LogP contribution in [0.3, 0.4) is 0 Å². The van der Waals surface area contributed by atoms with Crippen LogP contribution in [0.1, 0.15) is 20.3 Å². The first-order chi connectivity index (χ1) is 9.16. The Morgan fingerprint density at radius 2 is 2.15 bits per heavy atom. The molecule has 1 rings (SSSR count). The minimum absolute atomic E-state index is 0.0285. The Morgan fingerprint density at radius 1 is 1.55 bits per heavy atom. The zero-order valence-corrected chi connectivity index (χ0v) is 11.4. The molecule has 9 heteroatoms. The van der Waals surface area contributed by atoms with Gasteiger partial charge in [-0.15, -0.1) is 0 Å². The van der Waals surface area contributed by atoms with Crippen molar-refractivity contribution in [2.75, 3.05) is 7.05 Å². The zero-order valence-electron chi connectivity index (χ0n) is 11.4. The number of aliphatic carboxylic acids is 1. The minimum Gasteiger partial charge on any atom is -0.480 e. The molecule has 0 atom stereocenters. The van der Waals surface area contributed by atoms with Crippen molar-refractivity contribution in [2.45, 2.75) is 32.4 Å². The van der Waals surface area contributed by atoms with E-state index in [-0.39, 0.29) is 24.7 Å². The number of hydrogen-bond donors (Lipinski definition) is 1. The summed E-state index contributed by atoms with van der Waals surface area (Å²) in [5.74, 6) is -1.77. The predicted octanol–water partition coefficient (Wildman–Crippen LogP) is 0.503. The van der Waals surface area contributed by atoms with Crippen molar-refractivity contribution < 1.29 is 19.6 Å². The van der Waals surface area contributed by atoms with E-state index < -0.39 is 16.4 Å². The molecule has 9 nitrogen and oxygen atoms in total. The highest BCUT2D eigenvalue weighted by molar-refractivity contribution is 5.86. The Hall–Kier alpha value is -2.45. The number of carboxylic acids is 1. The van der Waals surface area contributed by atoms with Gasteiger partial charge in [0.2, 0.25) is 12.2 Å². The Bertz CT molecular complexity index is 537. The molecule has 0 unspecified atom stereocenters. The molecule has 0 saturated heterocycles. The van der Waals surface area contributed by atoms with Crippen LogP contribution in [-0.2, 0) is 16.1 Å². The average molecular weight is 284 g/mol. The molecule has 0 fully saturated rings. The van der Waals surface area contributed by atoms with Gasteiger partial charge in [-0.3, -0.25) is 4.79 Å². The summed E-state index contributed by atoms with van der Waals surface area (Å²) >= 11 is 0. The highest BCUT2D eigenvalue weighted by atomic mass is 16.6. The van der Waals surface area contributed by atoms with E-state index in [1.165, 1.54) is 38.0 Å². The van der Waals surface area contributed by atoms with E-state index in [1.807, 2.05) is 0 Å². The van der Waals surface area contributed by atoms with Gasteiger partial charge in [0.05, 0.1) is 0 Å². The number of carboxylic acid groups (broad SMARTS) is 1. The summed E-state index contributed by atoms with van der Waals surface area (Å²) in [6.45, 7) is 3.05. The number of nitro groups is 1. The molecule has 20 heavy (non-hydrogen) atoms. The van der Waals surface area contributed by atoms with Gasteiger partial charge in [-0.25, -0.2) is 4.79 Å². The second kappa shape index (κ2) is 5.68. The van der Waals surface area contributed by atoms with Gasteiger partial charge in [-0.05, 0) is 23.8 Å². The average Bonchev–Trinajstić information content (AvgIpc) is 2.83. The van der Waals surface area contributed by atoms with Crippen LogP contribution in [0.5, 0.6) is 0 Å². The number of aromatic nitrogens is 2. The third-order valence-electron chi connectivity index (χ3n) is 3.13. The van der Waals surface area contributed by atoms with Crippen LogP contribution in [0.2, 0.25) is 0 Å². The lowest BCUT2D eigenvalue weighted by Crippen LogP contribution is -2.50. The SMILES string of the molecule is CN(C(=O)CCn1cnc([N+](=O)[O-])c1)C(C)(C)C(=O)O. The van der Waals surface area contributed by atoms with E-state index in [2.05, 4.69) is 4.98 Å². The Balaban J connectivity index is 2.63. The van der Waals surface area contributed by atoms with Crippen molar-refractivity contribution in [1.82, 2.24) is 14.5 Å². The summed E-state index contributed by atoms with van der Waals surface area (Å²) in [5, 5.41) is 19.5. The van der Waals surface area contributed by atoms with Crippen molar-refractivity contribution >= 4 is 17.7 Å². The molecule has 1 heterocycles. The fourth-order valence-corrected chi connectivity index (χ4v) is 1.41. The van der Waals surface area contributed by atoms with Crippen LogP contribution in [0.4, 0.5) is 5.82 Å². The van der Waals surface area contributed by atoms with Crippen molar-refractivity contribution in [1.29, 1.82) is 0 Å². The molecule has 0 saturated carbocycles. The summed E-state index contributed by atoms with van der Waals surface area (Å²) in [5.41, 5.74) is -1.31. The Morgan fingerprint density at radius 3 is 2.60 bits per heavy atom. The van der Waals surface area contributed by atoms with E-state index in [0.29, 0.717) is 0 Å². The number of nitrogens with zero attached hydrogens (tertiary/aromatic N) is 4. The first kappa shape index (κ1) is 15.6. The molecule has 0 bridgehead atoms. The Kier molecular flexibility index (Phi) is 4.43. The van der Waals surface area contributed by atoms with Crippen LogP contribution in [0.25, 0.3) is 0 Å². The molecular weight excluding hydrogens is 268 g/mol. The molecule has 0 aromatic carbocycles. The van der Waals surface area contributed by atoms with Gasteiger partial charge in [-0.1, -0.05) is 0 Å². The topological polar surface area (TPSA) is 119 Å². The molecular formula is C11H16N4O5. The van der Waals surface area contributed by atoms with Gasteiger partial charge in [0.25, 0.3) is 0 Å². The quantitative estimate of drug-likeness (QED) is 0.600. The second-order valence-electron chi connectivity index (χ2n) is 4.79. The maximum Gasteiger partial charge on any atom is 0.381 e. The number of hydrogen-bond acceptors (Lipinski definition) is 5. The molecule has 0 radical (unpaired) electrons. The number of imidazole rings is 1. The van der Waals surface area contributed by atoms with Crippen molar-refractivity contribution in [2.24, 2.45) is 0 Å². The fraction of sp³-hybridized carbons (Fsp3) is 0.545. The summed E-state index contributed by atoms with van der Waals surface area (Å²) in [6, 6.07) is 0. The lowest BCUT2D eigenvalue weighted by Gasteiger charge is -2.31. The number of likely N-dealkylation sites (N-methyl/N-ethyl adjacent to an activating group) is 1. The third-order valence-corrected chi connectivity index (χ3v) is 3.13. The Labute approximate surface area is 115 Å². The third kappa shape index (κ3) is 3.31. The smallest absolute Gasteiger partial charge is 0.381 e. The maximum atomic E-state index is 11.9. The zero-order chi connectivity index (χ0) is 15.5. The van der Waals surface area contributed by atoms with Crippen LogP contribution in [0.15, 0.2) is 12.5 Å². The lowest BCUT2D eigenvalue weighted by atomic mass is 10.0. The highest BCUT2D eigenvalue weighted by Crippen LogP contribution is 2.14. The normalized spacial score (nSPS) is 11.2. The first-order valence-corrected chi connectivity index (χ1v) is 5.82. The number of rotatable bonds is 6. The van der Waals surface area contributed by atoms with Crippen LogP contribution in [-0.4, -0.2) is 48.9 Å². The number of carbonyl (C=O) groups is 2. The standard InChI is InChI=1S/C11H16N4O5/c1-11(2,10(17)18)13(3)9(16)4-5-14-6-8(12-7-14)15(19)20/h6-7H,4-5H2,1-3H3,(H,17,18). The van der Waals surface area contributed by atoms with Crippen molar-refractivity contribution in [3.63, 3.8) is 0 Å². The van der Waals surface area contributed by atoms with Gasteiger partial charge in [-0.2, -0.15) is 0 Å². The minimum atomic E-state index is -1.31. The van der Waals surface area contributed by atoms with E-state index in [4.69, 9.17) is 5.11 Å². The molecule has 1 N–H and O–H groups in total. The summed E-state index contributed by atoms with van der Waals surface area (Å²) in [4.78, 5) is 37.5. The monoisotopic (exact) mass is 284 g/mol. The molecule has 1 aromatic heterocycles. The van der Waals surface area contributed by atoms with Gasteiger partial charge in [0.15, 0.2) is 0 Å². The molecule has 110 valence electrons. The molecule has 0 aliphatic carbocycles. The van der Waals surface area contributed by atoms with E-state index in [0.717, 1.165) is 4.90 Å². The predicted molar refractivity (Wildman–Crippen MR) is 68.0 cm³/mol. The first-order valence-electron chi connectivity index (χ1n) is 5.82. The number of carbonyl (C=O) groups excluding carboxylic acids is 1. The van der Waals surface area contributed by atoms with Crippen molar-refractivity contribution in [3.8, 4) is 0 Å². The molecule has 0 aliphatic heterocycles. The maximum absolute atomic E-state index is 11.9. The highest BCUT2D eigenvalue weighted by Gasteiger charge is 2.34.